The zero-order valence-corrected chi connectivity index (χ0v) is 13.8. The third kappa shape index (κ3) is 3.91. The van der Waals surface area contributed by atoms with Crippen molar-refractivity contribution in [2.24, 2.45) is 5.73 Å². The summed E-state index contributed by atoms with van der Waals surface area (Å²) in [4.78, 5) is 0. The fourth-order valence-electron chi connectivity index (χ4n) is 2.67. The van der Waals surface area contributed by atoms with E-state index < -0.39 is 0 Å². The van der Waals surface area contributed by atoms with Crippen LogP contribution in [0.3, 0.4) is 0 Å². The molecule has 2 N–H and O–H groups in total. The van der Waals surface area contributed by atoms with Crippen molar-refractivity contribution < 1.29 is 9.13 Å². The minimum atomic E-state index is -0.290. The number of rotatable bonds is 6. The van der Waals surface area contributed by atoms with Gasteiger partial charge in [0.15, 0.2) is 5.16 Å². The second kappa shape index (κ2) is 7.90. The van der Waals surface area contributed by atoms with Gasteiger partial charge in [0.05, 0.1) is 11.8 Å². The Balaban J connectivity index is 1.83. The molecule has 2 heterocycles. The maximum absolute atomic E-state index is 14.2. The Morgan fingerprint density at radius 1 is 1.30 bits per heavy atom. The number of thioether (sulfide) groups is 1. The Morgan fingerprint density at radius 3 is 2.91 bits per heavy atom. The van der Waals surface area contributed by atoms with Crippen molar-refractivity contribution in [3.63, 3.8) is 0 Å². The van der Waals surface area contributed by atoms with E-state index in [4.69, 9.17) is 10.5 Å². The van der Waals surface area contributed by atoms with Crippen molar-refractivity contribution in [3.05, 3.63) is 35.9 Å². The first-order chi connectivity index (χ1) is 11.3. The van der Waals surface area contributed by atoms with Crippen LogP contribution in [0.1, 0.15) is 25.1 Å². The molecule has 1 saturated heterocycles. The van der Waals surface area contributed by atoms with Crippen LogP contribution < -0.4 is 5.73 Å². The number of para-hydroxylation sites is 1. The number of aromatic nitrogens is 3. The normalized spacial score (nSPS) is 18.3. The lowest BCUT2D eigenvalue weighted by Gasteiger charge is -2.22. The molecule has 2 aromatic rings. The lowest BCUT2D eigenvalue weighted by atomic mass is 10.1. The standard InChI is InChI=1S/C16H21FN4OS/c17-13-6-1-2-7-14(13)21-15(8-9-18)19-20-16(21)23-11-12-5-3-4-10-22-12/h1-2,6-7,12H,3-5,8-11,18H2/t12-/m1/s1. The van der Waals surface area contributed by atoms with Crippen molar-refractivity contribution in [3.8, 4) is 5.69 Å². The van der Waals surface area contributed by atoms with E-state index in [1.54, 1.807) is 28.5 Å². The lowest BCUT2D eigenvalue weighted by molar-refractivity contribution is 0.0315. The molecule has 1 aliphatic rings. The van der Waals surface area contributed by atoms with Crippen LogP contribution in [0.4, 0.5) is 4.39 Å². The van der Waals surface area contributed by atoms with Gasteiger partial charge < -0.3 is 10.5 Å². The molecular formula is C16H21FN4OS. The quantitative estimate of drug-likeness (QED) is 0.821. The van der Waals surface area contributed by atoms with Crippen LogP contribution in [0.5, 0.6) is 0 Å². The Bertz CT molecular complexity index is 643. The zero-order chi connectivity index (χ0) is 16.1. The van der Waals surface area contributed by atoms with Crippen LogP contribution in [0, 0.1) is 5.82 Å². The van der Waals surface area contributed by atoms with Gasteiger partial charge in [-0.25, -0.2) is 4.39 Å². The van der Waals surface area contributed by atoms with Gasteiger partial charge in [0, 0.05) is 18.8 Å². The fourth-order valence-corrected chi connectivity index (χ4v) is 3.70. The van der Waals surface area contributed by atoms with Gasteiger partial charge in [0.2, 0.25) is 0 Å². The largest absolute Gasteiger partial charge is 0.377 e. The van der Waals surface area contributed by atoms with Gasteiger partial charge >= 0.3 is 0 Å². The molecule has 1 atom stereocenters. The number of benzene rings is 1. The van der Waals surface area contributed by atoms with Crippen molar-refractivity contribution in [1.82, 2.24) is 14.8 Å². The van der Waals surface area contributed by atoms with E-state index in [2.05, 4.69) is 10.2 Å². The summed E-state index contributed by atoms with van der Waals surface area (Å²) < 4.78 is 21.7. The summed E-state index contributed by atoms with van der Waals surface area (Å²) in [5.41, 5.74) is 6.11. The molecule has 0 saturated carbocycles. The molecule has 0 aliphatic carbocycles. The highest BCUT2D eigenvalue weighted by Crippen LogP contribution is 2.26. The monoisotopic (exact) mass is 336 g/mol. The summed E-state index contributed by atoms with van der Waals surface area (Å²) in [7, 11) is 0. The average Bonchev–Trinajstić information content (AvgIpc) is 2.97. The number of halogens is 1. The van der Waals surface area contributed by atoms with Crippen LogP contribution in [-0.4, -0.2) is 39.8 Å². The number of nitrogens with zero attached hydrogens (tertiary/aromatic N) is 3. The molecule has 0 bridgehead atoms. The molecule has 23 heavy (non-hydrogen) atoms. The van der Waals surface area contributed by atoms with Crippen molar-refractivity contribution in [2.45, 2.75) is 36.9 Å². The summed E-state index contributed by atoms with van der Waals surface area (Å²) in [6.07, 6.45) is 4.19. The molecule has 0 radical (unpaired) electrons. The van der Waals surface area contributed by atoms with E-state index in [9.17, 15) is 4.39 Å². The molecule has 0 amide bonds. The molecular weight excluding hydrogens is 315 g/mol. The van der Waals surface area contributed by atoms with Crippen molar-refractivity contribution in [2.75, 3.05) is 18.9 Å². The van der Waals surface area contributed by atoms with E-state index in [1.165, 1.54) is 12.5 Å². The molecule has 7 heteroatoms. The highest BCUT2D eigenvalue weighted by molar-refractivity contribution is 7.99. The SMILES string of the molecule is NCCc1nnc(SC[C@H]2CCCCO2)n1-c1ccccc1F. The van der Waals surface area contributed by atoms with E-state index in [-0.39, 0.29) is 11.9 Å². The molecule has 124 valence electrons. The summed E-state index contributed by atoms with van der Waals surface area (Å²) in [6.45, 7) is 1.27. The highest BCUT2D eigenvalue weighted by atomic mass is 32.2. The molecule has 0 unspecified atom stereocenters. The third-order valence-electron chi connectivity index (χ3n) is 3.83. The Kier molecular flexibility index (Phi) is 5.64. The molecule has 0 spiro atoms. The van der Waals surface area contributed by atoms with Crippen molar-refractivity contribution >= 4 is 11.8 Å². The van der Waals surface area contributed by atoms with E-state index in [0.29, 0.717) is 29.6 Å². The minimum Gasteiger partial charge on any atom is -0.377 e. The first kappa shape index (κ1) is 16.4. The first-order valence-corrected chi connectivity index (χ1v) is 8.92. The average molecular weight is 336 g/mol. The molecule has 1 aromatic heterocycles. The van der Waals surface area contributed by atoms with Crippen LogP contribution in [-0.2, 0) is 11.2 Å². The van der Waals surface area contributed by atoms with Crippen LogP contribution >= 0.6 is 11.8 Å². The highest BCUT2D eigenvalue weighted by Gasteiger charge is 2.19. The molecule has 1 fully saturated rings. The molecule has 3 rings (SSSR count). The molecule has 1 aromatic carbocycles. The predicted molar refractivity (Wildman–Crippen MR) is 88.4 cm³/mol. The number of hydrogen-bond donors (Lipinski definition) is 1. The smallest absolute Gasteiger partial charge is 0.196 e. The Hall–Kier alpha value is -1.44. The summed E-state index contributed by atoms with van der Waals surface area (Å²) in [5.74, 6) is 1.20. The van der Waals surface area contributed by atoms with Gasteiger partial charge in [0.1, 0.15) is 11.6 Å². The topological polar surface area (TPSA) is 66.0 Å². The second-order valence-corrected chi connectivity index (χ2v) is 6.51. The van der Waals surface area contributed by atoms with Crippen LogP contribution in [0.2, 0.25) is 0 Å². The lowest BCUT2D eigenvalue weighted by Crippen LogP contribution is -2.21. The number of ether oxygens (including phenoxy) is 1. The Morgan fingerprint density at radius 2 is 2.17 bits per heavy atom. The second-order valence-electron chi connectivity index (χ2n) is 5.52. The molecule has 1 aliphatic heterocycles. The van der Waals surface area contributed by atoms with E-state index in [1.807, 2.05) is 6.07 Å². The van der Waals surface area contributed by atoms with Gasteiger partial charge in [-0.05, 0) is 37.9 Å². The zero-order valence-electron chi connectivity index (χ0n) is 12.9. The summed E-state index contributed by atoms with van der Waals surface area (Å²) >= 11 is 1.56. The number of hydrogen-bond acceptors (Lipinski definition) is 5. The van der Waals surface area contributed by atoms with Crippen molar-refractivity contribution in [1.29, 1.82) is 0 Å². The van der Waals surface area contributed by atoms with E-state index in [0.717, 1.165) is 25.2 Å². The van der Waals surface area contributed by atoms with Gasteiger partial charge in [0.25, 0.3) is 0 Å². The summed E-state index contributed by atoms with van der Waals surface area (Å²) in [5, 5.41) is 9.11. The van der Waals surface area contributed by atoms with E-state index >= 15 is 0 Å². The predicted octanol–water partition coefficient (Wildman–Crippen LogP) is 2.57. The van der Waals surface area contributed by atoms with Crippen LogP contribution in [0.15, 0.2) is 29.4 Å². The first-order valence-electron chi connectivity index (χ1n) is 7.93. The van der Waals surface area contributed by atoms with Gasteiger partial charge in [-0.2, -0.15) is 0 Å². The summed E-state index contributed by atoms with van der Waals surface area (Å²) in [6, 6.07) is 6.66. The van der Waals surface area contributed by atoms with Gasteiger partial charge in [-0.3, -0.25) is 4.57 Å². The minimum absolute atomic E-state index is 0.234. The maximum atomic E-state index is 14.2. The third-order valence-corrected chi connectivity index (χ3v) is 4.89. The number of nitrogens with two attached hydrogens (primary N) is 1. The molecule has 5 nitrogen and oxygen atoms in total. The fraction of sp³-hybridized carbons (Fsp3) is 0.500. The van der Waals surface area contributed by atoms with Crippen LogP contribution in [0.25, 0.3) is 5.69 Å². The maximum Gasteiger partial charge on any atom is 0.196 e. The van der Waals surface area contributed by atoms with Gasteiger partial charge in [-0.1, -0.05) is 23.9 Å². The Labute approximate surface area is 139 Å². The van der Waals surface area contributed by atoms with Gasteiger partial charge in [-0.15, -0.1) is 10.2 Å².